The average molecular weight is 321 g/mol. The number of benzene rings is 1. The Kier molecular flexibility index (Phi) is 7.89. The topological polar surface area (TPSA) is 53.6 Å². The zero-order valence-electron chi connectivity index (χ0n) is 15.1. The fraction of sp³-hybridized carbons (Fsp3) is 0.611. The molecule has 0 bridgehead atoms. The molecule has 0 heterocycles. The summed E-state index contributed by atoms with van der Waals surface area (Å²) >= 11 is 0. The molecule has 2 N–H and O–H groups in total. The van der Waals surface area contributed by atoms with E-state index in [1.54, 1.807) is 0 Å². The van der Waals surface area contributed by atoms with Gasteiger partial charge in [0.1, 0.15) is 5.60 Å². The first-order valence-corrected chi connectivity index (χ1v) is 8.24. The van der Waals surface area contributed by atoms with Gasteiger partial charge in [-0.15, -0.1) is 0 Å². The second kappa shape index (κ2) is 9.40. The van der Waals surface area contributed by atoms with Crippen LogP contribution >= 0.6 is 0 Å². The lowest BCUT2D eigenvalue weighted by atomic mass is 10.2. The monoisotopic (exact) mass is 321 g/mol. The van der Waals surface area contributed by atoms with Crippen LogP contribution in [-0.4, -0.2) is 44.4 Å². The number of alkyl carbamates (subject to hydrolysis) is 1. The van der Waals surface area contributed by atoms with Gasteiger partial charge in [-0.25, -0.2) is 4.79 Å². The van der Waals surface area contributed by atoms with Crippen molar-refractivity contribution in [2.45, 2.75) is 45.8 Å². The Labute approximate surface area is 140 Å². The maximum Gasteiger partial charge on any atom is 0.407 e. The van der Waals surface area contributed by atoms with Crippen LogP contribution in [0.1, 0.15) is 34.1 Å². The van der Waals surface area contributed by atoms with Crippen molar-refractivity contribution in [3.8, 4) is 0 Å². The van der Waals surface area contributed by atoms with Crippen molar-refractivity contribution in [3.63, 3.8) is 0 Å². The van der Waals surface area contributed by atoms with Crippen LogP contribution in [0.2, 0.25) is 0 Å². The molecule has 0 aliphatic heterocycles. The molecule has 5 heteroatoms. The second-order valence-electron chi connectivity index (χ2n) is 6.85. The van der Waals surface area contributed by atoms with E-state index >= 15 is 0 Å². The Balaban J connectivity index is 2.12. The van der Waals surface area contributed by atoms with Gasteiger partial charge in [0.25, 0.3) is 0 Å². The molecule has 0 aliphatic carbocycles. The fourth-order valence-corrected chi connectivity index (χ4v) is 2.10. The maximum atomic E-state index is 11.6. The van der Waals surface area contributed by atoms with Crippen molar-refractivity contribution in [3.05, 3.63) is 30.3 Å². The third kappa shape index (κ3) is 9.08. The number of hydrogen-bond donors (Lipinski definition) is 2. The highest BCUT2D eigenvalue weighted by atomic mass is 16.6. The minimum Gasteiger partial charge on any atom is -0.444 e. The smallest absolute Gasteiger partial charge is 0.407 e. The number of para-hydroxylation sites is 1. The summed E-state index contributed by atoms with van der Waals surface area (Å²) < 4.78 is 5.21. The summed E-state index contributed by atoms with van der Waals surface area (Å²) in [4.78, 5) is 13.8. The zero-order chi connectivity index (χ0) is 17.3. The van der Waals surface area contributed by atoms with Crippen LogP contribution in [0.4, 0.5) is 10.5 Å². The minimum absolute atomic E-state index is 0.213. The standard InChI is InChI=1S/C18H31N3O2/c1-15(14-20-17(22)23-18(2,3)4)19-12-9-13-21(5)16-10-7-6-8-11-16/h6-8,10-11,15,19H,9,12-14H2,1-5H3,(H,20,22). The van der Waals surface area contributed by atoms with Gasteiger partial charge in [0.15, 0.2) is 0 Å². The van der Waals surface area contributed by atoms with Gasteiger partial charge in [0.2, 0.25) is 0 Å². The molecule has 0 saturated carbocycles. The van der Waals surface area contributed by atoms with E-state index in [1.165, 1.54) is 5.69 Å². The lowest BCUT2D eigenvalue weighted by Crippen LogP contribution is -2.41. The summed E-state index contributed by atoms with van der Waals surface area (Å²) in [6.07, 6.45) is 0.678. The van der Waals surface area contributed by atoms with E-state index in [2.05, 4.69) is 53.8 Å². The number of nitrogens with zero attached hydrogens (tertiary/aromatic N) is 1. The Morgan fingerprint density at radius 2 is 1.91 bits per heavy atom. The van der Waals surface area contributed by atoms with Crippen molar-refractivity contribution in [1.29, 1.82) is 0 Å². The molecule has 0 saturated heterocycles. The lowest BCUT2D eigenvalue weighted by molar-refractivity contribution is 0.0523. The number of amides is 1. The summed E-state index contributed by atoms with van der Waals surface area (Å²) in [5, 5.41) is 6.19. The number of rotatable bonds is 8. The quantitative estimate of drug-likeness (QED) is 0.723. The number of hydrogen-bond acceptors (Lipinski definition) is 4. The third-order valence-electron chi connectivity index (χ3n) is 3.31. The van der Waals surface area contributed by atoms with Crippen LogP contribution in [0, 0.1) is 0 Å². The first-order valence-electron chi connectivity index (χ1n) is 8.24. The number of ether oxygens (including phenoxy) is 1. The largest absolute Gasteiger partial charge is 0.444 e. The average Bonchev–Trinajstić information content (AvgIpc) is 2.48. The van der Waals surface area contributed by atoms with E-state index in [4.69, 9.17) is 4.74 Å². The molecular weight excluding hydrogens is 290 g/mol. The predicted octanol–water partition coefficient (Wildman–Crippen LogP) is 3.02. The van der Waals surface area contributed by atoms with Gasteiger partial charge >= 0.3 is 6.09 Å². The first kappa shape index (κ1) is 19.3. The van der Waals surface area contributed by atoms with Gasteiger partial charge in [-0.05, 0) is 52.8 Å². The molecule has 1 atom stereocenters. The van der Waals surface area contributed by atoms with Gasteiger partial charge in [-0.3, -0.25) is 0 Å². The van der Waals surface area contributed by atoms with Crippen molar-refractivity contribution >= 4 is 11.8 Å². The summed E-state index contributed by atoms with van der Waals surface area (Å²) in [5.41, 5.74) is 0.773. The Bertz CT molecular complexity index is 457. The van der Waals surface area contributed by atoms with Crippen LogP contribution in [0.3, 0.4) is 0 Å². The maximum absolute atomic E-state index is 11.6. The van der Waals surface area contributed by atoms with Gasteiger partial charge in [0, 0.05) is 31.9 Å². The van der Waals surface area contributed by atoms with Gasteiger partial charge in [-0.2, -0.15) is 0 Å². The van der Waals surface area contributed by atoms with Crippen LogP contribution in [-0.2, 0) is 4.74 Å². The second-order valence-corrected chi connectivity index (χ2v) is 6.85. The normalized spacial score (nSPS) is 12.6. The molecule has 0 spiro atoms. The molecule has 130 valence electrons. The molecular formula is C18H31N3O2. The molecule has 0 radical (unpaired) electrons. The Morgan fingerprint density at radius 3 is 2.52 bits per heavy atom. The van der Waals surface area contributed by atoms with E-state index in [0.717, 1.165) is 19.5 Å². The fourth-order valence-electron chi connectivity index (χ4n) is 2.10. The van der Waals surface area contributed by atoms with E-state index < -0.39 is 5.60 Å². The Hall–Kier alpha value is -1.75. The van der Waals surface area contributed by atoms with Crippen LogP contribution < -0.4 is 15.5 Å². The molecule has 1 aromatic carbocycles. The SMILES string of the molecule is CC(CNC(=O)OC(C)(C)C)NCCCN(C)c1ccccc1. The molecule has 1 rings (SSSR count). The highest BCUT2D eigenvalue weighted by Gasteiger charge is 2.16. The summed E-state index contributed by atoms with van der Waals surface area (Å²) in [6, 6.07) is 10.6. The summed E-state index contributed by atoms with van der Waals surface area (Å²) in [7, 11) is 2.10. The molecule has 0 fully saturated rings. The van der Waals surface area contributed by atoms with Gasteiger partial charge < -0.3 is 20.3 Å². The zero-order valence-corrected chi connectivity index (χ0v) is 15.1. The summed E-state index contributed by atoms with van der Waals surface area (Å²) in [6.45, 7) is 10.1. The highest BCUT2D eigenvalue weighted by Crippen LogP contribution is 2.10. The third-order valence-corrected chi connectivity index (χ3v) is 3.31. The van der Waals surface area contributed by atoms with E-state index in [0.29, 0.717) is 6.54 Å². The molecule has 5 nitrogen and oxygen atoms in total. The van der Waals surface area contributed by atoms with E-state index in [1.807, 2.05) is 26.8 Å². The summed E-state index contributed by atoms with van der Waals surface area (Å²) in [5.74, 6) is 0. The Morgan fingerprint density at radius 1 is 1.26 bits per heavy atom. The number of carbonyl (C=O) groups is 1. The van der Waals surface area contributed by atoms with E-state index in [-0.39, 0.29) is 12.1 Å². The van der Waals surface area contributed by atoms with Crippen molar-refractivity contribution in [1.82, 2.24) is 10.6 Å². The van der Waals surface area contributed by atoms with Crippen LogP contribution in [0.15, 0.2) is 30.3 Å². The first-order chi connectivity index (χ1) is 10.8. The lowest BCUT2D eigenvalue weighted by Gasteiger charge is -2.22. The molecule has 0 aromatic heterocycles. The predicted molar refractivity (Wildman–Crippen MR) is 96.0 cm³/mol. The van der Waals surface area contributed by atoms with Gasteiger partial charge in [0.05, 0.1) is 0 Å². The molecule has 1 unspecified atom stereocenters. The highest BCUT2D eigenvalue weighted by molar-refractivity contribution is 5.67. The molecule has 0 aliphatic rings. The van der Waals surface area contributed by atoms with Crippen LogP contribution in [0.25, 0.3) is 0 Å². The molecule has 23 heavy (non-hydrogen) atoms. The van der Waals surface area contributed by atoms with Crippen molar-refractivity contribution in [2.24, 2.45) is 0 Å². The number of anilines is 1. The molecule has 1 amide bonds. The van der Waals surface area contributed by atoms with E-state index in [9.17, 15) is 4.79 Å². The van der Waals surface area contributed by atoms with Gasteiger partial charge in [-0.1, -0.05) is 18.2 Å². The van der Waals surface area contributed by atoms with Crippen molar-refractivity contribution in [2.75, 3.05) is 31.6 Å². The minimum atomic E-state index is -0.456. The van der Waals surface area contributed by atoms with Crippen molar-refractivity contribution < 1.29 is 9.53 Å². The number of nitrogens with one attached hydrogen (secondary N) is 2. The molecule has 1 aromatic rings. The van der Waals surface area contributed by atoms with Crippen LogP contribution in [0.5, 0.6) is 0 Å². The number of carbonyl (C=O) groups excluding carboxylic acids is 1.